The number of anilines is 2. The molecule has 0 aliphatic rings. The lowest BCUT2D eigenvalue weighted by Gasteiger charge is -2.24. The zero-order valence-corrected chi connectivity index (χ0v) is 18.0. The summed E-state index contributed by atoms with van der Waals surface area (Å²) >= 11 is 6.19. The molecule has 3 rings (SSSR count). The van der Waals surface area contributed by atoms with E-state index in [4.69, 9.17) is 11.6 Å². The first-order valence-electron chi connectivity index (χ1n) is 9.16. The Morgan fingerprint density at radius 2 is 1.65 bits per heavy atom. The number of benzene rings is 3. The lowest BCUT2D eigenvalue weighted by Crippen LogP contribution is -2.38. The van der Waals surface area contributed by atoms with E-state index in [2.05, 4.69) is 5.32 Å². The molecule has 0 saturated carbocycles. The summed E-state index contributed by atoms with van der Waals surface area (Å²) in [5, 5.41) is 12.1. The highest BCUT2D eigenvalue weighted by Gasteiger charge is 2.28. The van der Waals surface area contributed by atoms with Crippen molar-refractivity contribution in [3.63, 3.8) is 0 Å². The monoisotopic (exact) mass is 458 g/mol. The highest BCUT2D eigenvalue weighted by Crippen LogP contribution is 2.28. The minimum Gasteiger partial charge on any atom is -0.478 e. The van der Waals surface area contributed by atoms with Crippen LogP contribution in [0.3, 0.4) is 0 Å². The first-order valence-corrected chi connectivity index (χ1v) is 11.0. The van der Waals surface area contributed by atoms with E-state index in [0.717, 1.165) is 9.87 Å². The molecule has 0 saturated heterocycles. The summed E-state index contributed by atoms with van der Waals surface area (Å²) in [6, 6.07) is 18.2. The molecule has 3 aromatic carbocycles. The Morgan fingerprint density at radius 3 is 2.29 bits per heavy atom. The Morgan fingerprint density at radius 1 is 1.00 bits per heavy atom. The van der Waals surface area contributed by atoms with Crippen molar-refractivity contribution in [2.45, 2.75) is 11.8 Å². The molecule has 160 valence electrons. The molecule has 31 heavy (non-hydrogen) atoms. The van der Waals surface area contributed by atoms with Gasteiger partial charge in [-0.2, -0.15) is 0 Å². The Hall–Kier alpha value is -3.36. The van der Waals surface area contributed by atoms with Gasteiger partial charge in [-0.1, -0.05) is 48.0 Å². The van der Waals surface area contributed by atoms with Gasteiger partial charge >= 0.3 is 5.97 Å². The van der Waals surface area contributed by atoms with Gasteiger partial charge in [-0.05, 0) is 48.9 Å². The molecule has 1 amide bonds. The van der Waals surface area contributed by atoms with E-state index in [1.807, 2.05) is 0 Å². The van der Waals surface area contributed by atoms with Gasteiger partial charge in [0.15, 0.2) is 0 Å². The van der Waals surface area contributed by atoms with E-state index < -0.39 is 28.4 Å². The average molecular weight is 459 g/mol. The van der Waals surface area contributed by atoms with E-state index in [9.17, 15) is 23.1 Å². The van der Waals surface area contributed by atoms with Crippen molar-refractivity contribution in [3.8, 4) is 0 Å². The fourth-order valence-corrected chi connectivity index (χ4v) is 4.48. The standard InChI is InChI=1S/C22H19ClN2O5S/c1-15-11-12-16(13-19(15)23)25(31(29,30)17-7-3-2-4-8-17)14-21(26)24-20-10-6-5-9-18(20)22(27)28/h2-13H,14H2,1H3,(H,24,26)(H,27,28). The zero-order chi connectivity index (χ0) is 22.6. The average Bonchev–Trinajstić information content (AvgIpc) is 2.75. The fourth-order valence-electron chi connectivity index (χ4n) is 2.87. The first kappa shape index (κ1) is 22.3. The lowest BCUT2D eigenvalue weighted by atomic mass is 10.2. The number of aromatic carboxylic acids is 1. The van der Waals surface area contributed by atoms with Crippen molar-refractivity contribution in [2.75, 3.05) is 16.2 Å². The summed E-state index contributed by atoms with van der Waals surface area (Å²) in [4.78, 5) is 24.2. The number of carboxylic acid groups (broad SMARTS) is 1. The predicted molar refractivity (Wildman–Crippen MR) is 119 cm³/mol. The van der Waals surface area contributed by atoms with Crippen LogP contribution in [0.2, 0.25) is 5.02 Å². The number of carboxylic acids is 1. The smallest absolute Gasteiger partial charge is 0.337 e. The molecule has 2 N–H and O–H groups in total. The predicted octanol–water partition coefficient (Wildman–Crippen LogP) is 4.18. The van der Waals surface area contributed by atoms with E-state index in [0.29, 0.717) is 5.02 Å². The van der Waals surface area contributed by atoms with Gasteiger partial charge in [0, 0.05) is 5.02 Å². The van der Waals surface area contributed by atoms with Crippen molar-refractivity contribution in [1.29, 1.82) is 0 Å². The van der Waals surface area contributed by atoms with Gasteiger partial charge in [0.2, 0.25) is 5.91 Å². The molecule has 3 aromatic rings. The van der Waals surface area contributed by atoms with Crippen LogP contribution in [0, 0.1) is 6.92 Å². The molecule has 0 bridgehead atoms. The second kappa shape index (κ2) is 9.20. The second-order valence-corrected chi connectivity index (χ2v) is 8.93. The van der Waals surface area contributed by atoms with Crippen LogP contribution in [0.4, 0.5) is 11.4 Å². The number of hydrogen-bond donors (Lipinski definition) is 2. The highest BCUT2D eigenvalue weighted by molar-refractivity contribution is 7.92. The third-order valence-electron chi connectivity index (χ3n) is 4.49. The van der Waals surface area contributed by atoms with Crippen molar-refractivity contribution >= 4 is 44.9 Å². The fraction of sp³-hybridized carbons (Fsp3) is 0.0909. The molecule has 9 heteroatoms. The van der Waals surface area contributed by atoms with Crippen molar-refractivity contribution < 1.29 is 23.1 Å². The van der Waals surface area contributed by atoms with Crippen LogP contribution < -0.4 is 9.62 Å². The topological polar surface area (TPSA) is 104 Å². The maximum atomic E-state index is 13.3. The summed E-state index contributed by atoms with van der Waals surface area (Å²) < 4.78 is 27.5. The number of carbonyl (C=O) groups is 2. The largest absolute Gasteiger partial charge is 0.478 e. The highest BCUT2D eigenvalue weighted by atomic mass is 35.5. The Bertz CT molecular complexity index is 1230. The van der Waals surface area contributed by atoms with Crippen LogP contribution in [-0.4, -0.2) is 31.9 Å². The van der Waals surface area contributed by atoms with E-state index in [1.54, 1.807) is 43.3 Å². The number of sulfonamides is 1. The third kappa shape index (κ3) is 5.04. The van der Waals surface area contributed by atoms with Gasteiger partial charge < -0.3 is 10.4 Å². The number of carbonyl (C=O) groups excluding carboxylic acids is 1. The lowest BCUT2D eigenvalue weighted by molar-refractivity contribution is -0.114. The first-order chi connectivity index (χ1) is 14.7. The number of aryl methyl sites for hydroxylation is 1. The number of rotatable bonds is 7. The van der Waals surface area contributed by atoms with Crippen molar-refractivity contribution in [2.24, 2.45) is 0 Å². The zero-order valence-electron chi connectivity index (χ0n) is 16.4. The number of nitrogens with zero attached hydrogens (tertiary/aromatic N) is 1. The second-order valence-electron chi connectivity index (χ2n) is 6.66. The van der Waals surface area contributed by atoms with Gasteiger partial charge in [-0.3, -0.25) is 9.10 Å². The molecule has 0 aliphatic heterocycles. The minimum atomic E-state index is -4.10. The van der Waals surface area contributed by atoms with Gasteiger partial charge in [0.25, 0.3) is 10.0 Å². The van der Waals surface area contributed by atoms with Crippen molar-refractivity contribution in [3.05, 3.63) is 88.9 Å². The van der Waals surface area contributed by atoms with Crippen LogP contribution in [0.1, 0.15) is 15.9 Å². The summed E-state index contributed by atoms with van der Waals surface area (Å²) in [5.74, 6) is -1.92. The number of amides is 1. The summed E-state index contributed by atoms with van der Waals surface area (Å²) in [5.41, 5.74) is 0.925. The van der Waals surface area contributed by atoms with E-state index >= 15 is 0 Å². The van der Waals surface area contributed by atoms with Crippen molar-refractivity contribution in [1.82, 2.24) is 0 Å². The maximum absolute atomic E-state index is 13.3. The number of nitrogens with one attached hydrogen (secondary N) is 1. The summed E-state index contributed by atoms with van der Waals surface area (Å²) in [6.07, 6.45) is 0. The molecule has 0 aromatic heterocycles. The summed E-state index contributed by atoms with van der Waals surface area (Å²) in [6.45, 7) is 1.20. The summed E-state index contributed by atoms with van der Waals surface area (Å²) in [7, 11) is -4.10. The molecule has 7 nitrogen and oxygen atoms in total. The Balaban J connectivity index is 1.98. The molecular weight excluding hydrogens is 440 g/mol. The maximum Gasteiger partial charge on any atom is 0.337 e. The molecule has 0 radical (unpaired) electrons. The number of halogens is 1. The van der Waals surface area contributed by atoms with Crippen LogP contribution >= 0.6 is 11.6 Å². The van der Waals surface area contributed by atoms with E-state index in [1.165, 1.54) is 36.4 Å². The molecular formula is C22H19ClN2O5S. The molecule has 0 atom stereocenters. The van der Waals surface area contributed by atoms with E-state index in [-0.39, 0.29) is 21.8 Å². The molecule has 0 fully saturated rings. The van der Waals surface area contributed by atoms with Crippen LogP contribution in [0.5, 0.6) is 0 Å². The molecule has 0 spiro atoms. The molecule has 0 aliphatic carbocycles. The minimum absolute atomic E-state index is 0.00503. The Labute approximate surface area is 184 Å². The van der Waals surface area contributed by atoms with Gasteiger partial charge in [-0.25, -0.2) is 13.2 Å². The quantitative estimate of drug-likeness (QED) is 0.552. The normalized spacial score (nSPS) is 11.0. The van der Waals surface area contributed by atoms with Crippen LogP contribution in [0.25, 0.3) is 0 Å². The third-order valence-corrected chi connectivity index (χ3v) is 6.69. The van der Waals surface area contributed by atoms with Gasteiger partial charge in [0.05, 0.1) is 21.8 Å². The van der Waals surface area contributed by atoms with Gasteiger partial charge in [0.1, 0.15) is 6.54 Å². The van der Waals surface area contributed by atoms with Crippen LogP contribution in [0.15, 0.2) is 77.7 Å². The molecule has 0 heterocycles. The number of para-hydroxylation sites is 1. The number of hydrogen-bond acceptors (Lipinski definition) is 4. The van der Waals surface area contributed by atoms with Crippen LogP contribution in [-0.2, 0) is 14.8 Å². The SMILES string of the molecule is Cc1ccc(N(CC(=O)Nc2ccccc2C(=O)O)S(=O)(=O)c2ccccc2)cc1Cl. The van der Waals surface area contributed by atoms with Gasteiger partial charge in [-0.15, -0.1) is 0 Å². The molecule has 0 unspecified atom stereocenters. The Kier molecular flexibility index (Phi) is 6.62.